The first kappa shape index (κ1) is 21.6. The van der Waals surface area contributed by atoms with Crippen molar-refractivity contribution in [3.05, 3.63) is 56.7 Å². The maximum atomic E-state index is 12.5. The molecule has 0 radical (unpaired) electrons. The third-order valence-electron chi connectivity index (χ3n) is 4.49. The Labute approximate surface area is 170 Å². The second kappa shape index (κ2) is 10.0. The molecule has 0 N–H and O–H groups in total. The summed E-state index contributed by atoms with van der Waals surface area (Å²) in [6.45, 7) is 6.39. The molecule has 3 nitrogen and oxygen atoms in total. The van der Waals surface area contributed by atoms with Gasteiger partial charge in [-0.25, -0.2) is 0 Å². The van der Waals surface area contributed by atoms with Gasteiger partial charge in [-0.1, -0.05) is 43.6 Å². The minimum Gasteiger partial charge on any atom is -0.466 e. The Balaban J connectivity index is 1.85. The average molecular weight is 407 g/mol. The van der Waals surface area contributed by atoms with Gasteiger partial charge < -0.3 is 4.74 Å². The van der Waals surface area contributed by atoms with Crippen LogP contribution in [0.4, 0.5) is 0 Å². The number of hydrogen-bond acceptors (Lipinski definition) is 4. The summed E-state index contributed by atoms with van der Waals surface area (Å²) in [5.74, 6) is 0.000993. The lowest BCUT2D eigenvalue weighted by Gasteiger charge is -2.22. The second-order valence-electron chi connectivity index (χ2n) is 7.43. The number of carbonyl (C=O) groups is 2. The lowest BCUT2D eigenvalue weighted by atomic mass is 9.84. The maximum Gasteiger partial charge on any atom is 0.306 e. The summed E-state index contributed by atoms with van der Waals surface area (Å²) in [5.41, 5.74) is 0.884. The summed E-state index contributed by atoms with van der Waals surface area (Å²) in [4.78, 5) is 26.1. The number of ketones is 1. The fraction of sp³-hybridized carbons (Fsp3) is 0.455. The summed E-state index contributed by atoms with van der Waals surface area (Å²) < 4.78 is 5.05. The molecule has 0 saturated heterocycles. The van der Waals surface area contributed by atoms with Crippen LogP contribution >= 0.6 is 22.9 Å². The van der Waals surface area contributed by atoms with E-state index in [0.29, 0.717) is 30.9 Å². The summed E-state index contributed by atoms with van der Waals surface area (Å²) in [7, 11) is 0. The molecule has 1 aromatic heterocycles. The van der Waals surface area contributed by atoms with E-state index in [0.717, 1.165) is 23.3 Å². The number of ether oxygens (including phenoxy) is 1. The van der Waals surface area contributed by atoms with Crippen molar-refractivity contribution in [2.45, 2.75) is 52.9 Å². The van der Waals surface area contributed by atoms with E-state index in [9.17, 15) is 9.59 Å². The van der Waals surface area contributed by atoms with Crippen LogP contribution in [0.15, 0.2) is 36.4 Å². The number of Topliss-reactive ketones (excluding diaryl/α,β-unsaturated/α-hetero) is 1. The predicted molar refractivity (Wildman–Crippen MR) is 112 cm³/mol. The molecule has 27 heavy (non-hydrogen) atoms. The zero-order valence-electron chi connectivity index (χ0n) is 16.2. The van der Waals surface area contributed by atoms with E-state index >= 15 is 0 Å². The fourth-order valence-corrected chi connectivity index (χ4v) is 4.09. The summed E-state index contributed by atoms with van der Waals surface area (Å²) in [5, 5.41) is 0.709. The van der Waals surface area contributed by atoms with Gasteiger partial charge >= 0.3 is 5.97 Å². The summed E-state index contributed by atoms with van der Waals surface area (Å²) in [6.07, 6.45) is 3.25. The predicted octanol–water partition coefficient (Wildman–Crippen LogP) is 6.13. The molecule has 2 rings (SSSR count). The van der Waals surface area contributed by atoms with Gasteiger partial charge in [0.25, 0.3) is 0 Å². The highest BCUT2D eigenvalue weighted by atomic mass is 35.5. The van der Waals surface area contributed by atoms with Crippen LogP contribution in [0.1, 0.15) is 60.1 Å². The highest BCUT2D eigenvalue weighted by Gasteiger charge is 2.23. The monoisotopic (exact) mass is 406 g/mol. The first-order valence-corrected chi connectivity index (χ1v) is 10.5. The molecular weight excluding hydrogens is 380 g/mol. The minimum absolute atomic E-state index is 0.121. The lowest BCUT2D eigenvalue weighted by molar-refractivity contribution is -0.145. The molecule has 0 aliphatic carbocycles. The van der Waals surface area contributed by atoms with Crippen LogP contribution in [-0.2, 0) is 22.4 Å². The molecule has 0 bridgehead atoms. The normalized spacial score (nSPS) is 11.4. The quantitative estimate of drug-likeness (QED) is 0.352. The van der Waals surface area contributed by atoms with E-state index in [1.54, 1.807) is 11.3 Å². The molecule has 0 amide bonds. The topological polar surface area (TPSA) is 43.4 Å². The van der Waals surface area contributed by atoms with Crippen LogP contribution in [0.5, 0.6) is 0 Å². The van der Waals surface area contributed by atoms with Crippen molar-refractivity contribution >= 4 is 34.7 Å². The molecule has 0 atom stereocenters. The molecule has 0 aliphatic rings. The van der Waals surface area contributed by atoms with Crippen molar-refractivity contribution in [1.82, 2.24) is 0 Å². The van der Waals surface area contributed by atoms with Gasteiger partial charge in [-0.3, -0.25) is 9.59 Å². The first-order chi connectivity index (χ1) is 12.8. The highest BCUT2D eigenvalue weighted by molar-refractivity contribution is 7.14. The SMILES string of the molecule is CCOC(=O)CC(C)(C)CCc1ccc(C(=O)CCc2ccccc2Cl)s1. The number of thiophene rings is 1. The van der Waals surface area contributed by atoms with Crippen molar-refractivity contribution in [3.63, 3.8) is 0 Å². The first-order valence-electron chi connectivity index (χ1n) is 9.31. The Morgan fingerprint density at radius 2 is 1.85 bits per heavy atom. The standard InChI is InChI=1S/C22H27ClO3S/c1-4-26-21(25)15-22(2,3)14-13-17-10-12-20(27-17)19(24)11-9-16-7-5-6-8-18(16)23/h5-8,10,12H,4,9,11,13-15H2,1-3H3. The smallest absolute Gasteiger partial charge is 0.306 e. The molecule has 5 heteroatoms. The van der Waals surface area contributed by atoms with Gasteiger partial charge in [0.05, 0.1) is 17.9 Å². The van der Waals surface area contributed by atoms with Gasteiger partial charge in [0, 0.05) is 16.3 Å². The van der Waals surface area contributed by atoms with Gasteiger partial charge in [0.15, 0.2) is 5.78 Å². The number of halogens is 1. The van der Waals surface area contributed by atoms with E-state index in [1.165, 1.54) is 4.88 Å². The number of hydrogen-bond donors (Lipinski definition) is 0. The Morgan fingerprint density at radius 3 is 2.56 bits per heavy atom. The van der Waals surface area contributed by atoms with Crippen molar-refractivity contribution < 1.29 is 14.3 Å². The van der Waals surface area contributed by atoms with Crippen molar-refractivity contribution in [3.8, 4) is 0 Å². The average Bonchev–Trinajstić information content (AvgIpc) is 3.08. The van der Waals surface area contributed by atoms with Gasteiger partial charge in [0.2, 0.25) is 0 Å². The molecule has 0 fully saturated rings. The number of carbonyl (C=O) groups excluding carboxylic acids is 2. The van der Waals surface area contributed by atoms with Crippen molar-refractivity contribution in [2.75, 3.05) is 6.61 Å². The minimum atomic E-state index is -0.149. The van der Waals surface area contributed by atoms with Gasteiger partial charge in [0.1, 0.15) is 0 Å². The van der Waals surface area contributed by atoms with E-state index in [-0.39, 0.29) is 17.2 Å². The van der Waals surface area contributed by atoms with Gasteiger partial charge in [-0.05, 0) is 55.4 Å². The molecule has 0 spiro atoms. The Hall–Kier alpha value is -1.65. The molecule has 0 unspecified atom stereocenters. The van der Waals surface area contributed by atoms with E-state index in [1.807, 2.05) is 43.3 Å². The molecule has 0 aliphatic heterocycles. The fourth-order valence-electron chi connectivity index (χ4n) is 2.89. The van der Waals surface area contributed by atoms with E-state index < -0.39 is 0 Å². The Kier molecular flexibility index (Phi) is 8.06. The van der Waals surface area contributed by atoms with Gasteiger partial charge in [-0.15, -0.1) is 11.3 Å². The molecule has 2 aromatic rings. The molecular formula is C22H27ClO3S. The summed E-state index contributed by atoms with van der Waals surface area (Å²) >= 11 is 7.71. The van der Waals surface area contributed by atoms with Crippen LogP contribution in [-0.4, -0.2) is 18.4 Å². The van der Waals surface area contributed by atoms with Crippen LogP contribution in [0, 0.1) is 5.41 Å². The number of aryl methyl sites for hydroxylation is 2. The van der Waals surface area contributed by atoms with Crippen LogP contribution in [0.25, 0.3) is 0 Å². The van der Waals surface area contributed by atoms with Crippen LogP contribution in [0.2, 0.25) is 5.02 Å². The van der Waals surface area contributed by atoms with Crippen molar-refractivity contribution in [1.29, 1.82) is 0 Å². The number of esters is 1. The highest BCUT2D eigenvalue weighted by Crippen LogP contribution is 2.30. The zero-order chi connectivity index (χ0) is 19.9. The van der Waals surface area contributed by atoms with Crippen LogP contribution in [0.3, 0.4) is 0 Å². The molecule has 146 valence electrons. The Morgan fingerprint density at radius 1 is 1.11 bits per heavy atom. The van der Waals surface area contributed by atoms with E-state index in [4.69, 9.17) is 16.3 Å². The van der Waals surface area contributed by atoms with E-state index in [2.05, 4.69) is 13.8 Å². The van der Waals surface area contributed by atoms with Gasteiger partial charge in [-0.2, -0.15) is 0 Å². The van der Waals surface area contributed by atoms with Crippen LogP contribution < -0.4 is 0 Å². The zero-order valence-corrected chi connectivity index (χ0v) is 17.8. The number of benzene rings is 1. The molecule has 1 aromatic carbocycles. The largest absolute Gasteiger partial charge is 0.466 e. The second-order valence-corrected chi connectivity index (χ2v) is 9.00. The summed E-state index contributed by atoms with van der Waals surface area (Å²) in [6, 6.07) is 11.6. The lowest BCUT2D eigenvalue weighted by Crippen LogP contribution is -2.19. The molecule has 1 heterocycles. The Bertz CT molecular complexity index is 779. The number of rotatable bonds is 10. The third-order valence-corrected chi connectivity index (χ3v) is 6.05. The third kappa shape index (κ3) is 7.11. The maximum absolute atomic E-state index is 12.5. The molecule has 0 saturated carbocycles. The van der Waals surface area contributed by atoms with Crippen molar-refractivity contribution in [2.24, 2.45) is 5.41 Å².